The summed E-state index contributed by atoms with van der Waals surface area (Å²) >= 11 is 0. The lowest BCUT2D eigenvalue weighted by atomic mass is 10.2. The molecule has 1 aromatic carbocycles. The summed E-state index contributed by atoms with van der Waals surface area (Å²) in [7, 11) is 0. The van der Waals surface area contributed by atoms with Gasteiger partial charge in [0.25, 0.3) is 0 Å². The lowest BCUT2D eigenvalue weighted by molar-refractivity contribution is 0.320. The largest absolute Gasteiger partial charge is 0.491 e. The van der Waals surface area contributed by atoms with Crippen LogP contribution in [0.4, 0.5) is 0 Å². The van der Waals surface area contributed by atoms with Gasteiger partial charge in [-0.25, -0.2) is 0 Å². The molecular formula is C16H26IN3O. The van der Waals surface area contributed by atoms with Crippen LogP contribution in [-0.4, -0.2) is 32.2 Å². The van der Waals surface area contributed by atoms with E-state index >= 15 is 0 Å². The number of hydrogen-bond donors (Lipinski definition) is 2. The van der Waals surface area contributed by atoms with E-state index in [1.165, 1.54) is 18.4 Å². The second-order valence-corrected chi connectivity index (χ2v) is 5.20. The van der Waals surface area contributed by atoms with Crippen LogP contribution in [0.5, 0.6) is 5.75 Å². The summed E-state index contributed by atoms with van der Waals surface area (Å²) in [6.45, 7) is 7.36. The minimum Gasteiger partial charge on any atom is -0.491 e. The summed E-state index contributed by atoms with van der Waals surface area (Å²) in [6.07, 6.45) is 2.67. The number of rotatable bonds is 7. The Morgan fingerprint density at radius 2 is 2.05 bits per heavy atom. The van der Waals surface area contributed by atoms with Gasteiger partial charge in [-0.1, -0.05) is 18.2 Å². The van der Waals surface area contributed by atoms with Crippen LogP contribution in [0.2, 0.25) is 0 Å². The first-order valence-corrected chi connectivity index (χ1v) is 7.50. The highest BCUT2D eigenvalue weighted by atomic mass is 127. The first-order valence-electron chi connectivity index (χ1n) is 7.50. The van der Waals surface area contributed by atoms with Gasteiger partial charge in [-0.3, -0.25) is 4.99 Å². The molecule has 1 aliphatic rings. The smallest absolute Gasteiger partial charge is 0.191 e. The third-order valence-corrected chi connectivity index (χ3v) is 3.29. The monoisotopic (exact) mass is 403 g/mol. The van der Waals surface area contributed by atoms with Gasteiger partial charge in [0.05, 0.1) is 6.54 Å². The molecule has 2 rings (SSSR count). The number of aryl methyl sites for hydroxylation is 1. The molecule has 0 spiro atoms. The Morgan fingerprint density at radius 1 is 1.29 bits per heavy atom. The molecule has 1 aliphatic carbocycles. The van der Waals surface area contributed by atoms with Gasteiger partial charge in [-0.2, -0.15) is 0 Å². The van der Waals surface area contributed by atoms with Crippen molar-refractivity contribution in [1.29, 1.82) is 0 Å². The lowest BCUT2D eigenvalue weighted by Gasteiger charge is -2.12. The summed E-state index contributed by atoms with van der Waals surface area (Å²) in [5.41, 5.74) is 1.17. The topological polar surface area (TPSA) is 45.7 Å². The number of nitrogens with one attached hydrogen (secondary N) is 2. The van der Waals surface area contributed by atoms with Crippen molar-refractivity contribution in [3.63, 3.8) is 0 Å². The first kappa shape index (κ1) is 18.1. The van der Waals surface area contributed by atoms with Crippen LogP contribution in [0.1, 0.15) is 25.3 Å². The molecule has 2 N–H and O–H groups in total. The molecule has 0 bridgehead atoms. The minimum absolute atomic E-state index is 0. The average molecular weight is 403 g/mol. The van der Waals surface area contributed by atoms with E-state index in [1.54, 1.807) is 0 Å². The molecule has 118 valence electrons. The maximum Gasteiger partial charge on any atom is 0.191 e. The van der Waals surface area contributed by atoms with Gasteiger partial charge in [-0.05, 0) is 44.2 Å². The van der Waals surface area contributed by atoms with Gasteiger partial charge in [0.2, 0.25) is 0 Å². The van der Waals surface area contributed by atoms with Gasteiger partial charge >= 0.3 is 0 Å². The molecule has 1 aromatic rings. The zero-order valence-electron chi connectivity index (χ0n) is 12.9. The van der Waals surface area contributed by atoms with Crippen molar-refractivity contribution in [1.82, 2.24) is 10.6 Å². The fourth-order valence-corrected chi connectivity index (χ4v) is 1.91. The Bertz CT molecular complexity index is 447. The average Bonchev–Trinajstić information content (AvgIpc) is 3.26. The molecule has 5 heteroatoms. The number of halogens is 1. The molecule has 21 heavy (non-hydrogen) atoms. The van der Waals surface area contributed by atoms with Gasteiger partial charge < -0.3 is 15.4 Å². The van der Waals surface area contributed by atoms with E-state index in [0.29, 0.717) is 6.61 Å². The molecular weight excluding hydrogens is 377 g/mol. The number of ether oxygens (including phenoxy) is 1. The van der Waals surface area contributed by atoms with E-state index < -0.39 is 0 Å². The van der Waals surface area contributed by atoms with E-state index in [1.807, 2.05) is 18.2 Å². The fraction of sp³-hybridized carbons (Fsp3) is 0.562. The summed E-state index contributed by atoms with van der Waals surface area (Å²) < 4.78 is 5.76. The van der Waals surface area contributed by atoms with Crippen molar-refractivity contribution in [2.75, 3.05) is 26.2 Å². The van der Waals surface area contributed by atoms with Crippen LogP contribution in [-0.2, 0) is 0 Å². The number of aliphatic imine (C=N–C) groups is 1. The quantitative estimate of drug-likeness (QED) is 0.319. The summed E-state index contributed by atoms with van der Waals surface area (Å²) in [5, 5.41) is 6.57. The fourth-order valence-electron chi connectivity index (χ4n) is 1.91. The Hall–Kier alpha value is -0.980. The number of nitrogens with zero attached hydrogens (tertiary/aromatic N) is 1. The molecule has 1 fully saturated rings. The number of benzene rings is 1. The number of para-hydroxylation sites is 1. The zero-order valence-corrected chi connectivity index (χ0v) is 15.2. The zero-order chi connectivity index (χ0) is 14.2. The highest BCUT2D eigenvalue weighted by Crippen LogP contribution is 2.28. The van der Waals surface area contributed by atoms with E-state index in [9.17, 15) is 0 Å². The van der Waals surface area contributed by atoms with E-state index in [4.69, 9.17) is 4.74 Å². The van der Waals surface area contributed by atoms with Crippen molar-refractivity contribution in [3.05, 3.63) is 29.8 Å². The Labute approximate surface area is 144 Å². The van der Waals surface area contributed by atoms with Gasteiger partial charge in [0.15, 0.2) is 5.96 Å². The van der Waals surface area contributed by atoms with Gasteiger partial charge in [0, 0.05) is 13.1 Å². The van der Waals surface area contributed by atoms with Crippen molar-refractivity contribution in [2.45, 2.75) is 26.7 Å². The van der Waals surface area contributed by atoms with Crippen molar-refractivity contribution in [3.8, 4) is 5.75 Å². The minimum atomic E-state index is 0. The Morgan fingerprint density at radius 3 is 2.71 bits per heavy atom. The molecule has 0 atom stereocenters. The molecule has 0 saturated heterocycles. The van der Waals surface area contributed by atoms with Crippen molar-refractivity contribution < 1.29 is 4.74 Å². The SMILES string of the molecule is CCNC(=NCC1CC1)NCCOc1ccccc1C.I. The molecule has 0 radical (unpaired) electrons. The summed E-state index contributed by atoms with van der Waals surface area (Å²) in [4.78, 5) is 4.58. The highest BCUT2D eigenvalue weighted by Gasteiger charge is 2.20. The van der Waals surface area contributed by atoms with E-state index in [2.05, 4.69) is 35.5 Å². The van der Waals surface area contributed by atoms with Crippen LogP contribution < -0.4 is 15.4 Å². The summed E-state index contributed by atoms with van der Waals surface area (Å²) in [5.74, 6) is 2.66. The predicted octanol–water partition coefficient (Wildman–Crippen LogP) is 2.96. The van der Waals surface area contributed by atoms with E-state index in [-0.39, 0.29) is 24.0 Å². The Balaban J connectivity index is 0.00000220. The van der Waals surface area contributed by atoms with Crippen LogP contribution in [0.25, 0.3) is 0 Å². The predicted molar refractivity (Wildman–Crippen MR) is 98.8 cm³/mol. The maximum absolute atomic E-state index is 5.76. The lowest BCUT2D eigenvalue weighted by Crippen LogP contribution is -2.39. The van der Waals surface area contributed by atoms with E-state index in [0.717, 1.165) is 37.3 Å². The molecule has 1 saturated carbocycles. The van der Waals surface area contributed by atoms with Crippen LogP contribution >= 0.6 is 24.0 Å². The number of guanidine groups is 1. The maximum atomic E-state index is 5.76. The van der Waals surface area contributed by atoms with Gasteiger partial charge in [-0.15, -0.1) is 24.0 Å². The second kappa shape index (κ2) is 9.87. The second-order valence-electron chi connectivity index (χ2n) is 5.20. The van der Waals surface area contributed by atoms with Crippen LogP contribution in [0, 0.1) is 12.8 Å². The molecule has 0 aromatic heterocycles. The summed E-state index contributed by atoms with van der Waals surface area (Å²) in [6, 6.07) is 8.08. The van der Waals surface area contributed by atoms with Crippen molar-refractivity contribution in [2.24, 2.45) is 10.9 Å². The third-order valence-electron chi connectivity index (χ3n) is 3.29. The molecule has 0 amide bonds. The van der Waals surface area contributed by atoms with Crippen LogP contribution in [0.15, 0.2) is 29.3 Å². The highest BCUT2D eigenvalue weighted by molar-refractivity contribution is 14.0. The normalized spacial score (nSPS) is 14.3. The molecule has 0 heterocycles. The molecule has 0 aliphatic heterocycles. The van der Waals surface area contributed by atoms with Crippen LogP contribution in [0.3, 0.4) is 0 Å². The Kier molecular flexibility index (Phi) is 8.49. The van der Waals surface area contributed by atoms with Gasteiger partial charge in [0.1, 0.15) is 12.4 Å². The molecule has 4 nitrogen and oxygen atoms in total. The molecule has 0 unspecified atom stereocenters. The first-order chi connectivity index (χ1) is 9.79. The standard InChI is InChI=1S/C16H25N3O.HI/c1-3-17-16(19-12-14-8-9-14)18-10-11-20-15-7-5-4-6-13(15)2;/h4-7,14H,3,8-12H2,1-2H3,(H2,17,18,19);1H. The number of hydrogen-bond acceptors (Lipinski definition) is 2. The third kappa shape index (κ3) is 7.02. The van der Waals surface area contributed by atoms with Crippen molar-refractivity contribution >= 4 is 29.9 Å².